The van der Waals surface area contributed by atoms with E-state index in [0.29, 0.717) is 0 Å². The molecule has 1 nitrogen and oxygen atoms in total. The largest absolute Gasteiger partial charge is 0.494 e. The molecule has 0 aromatic heterocycles. The minimum absolute atomic E-state index is 0.866. The first-order valence-electron chi connectivity index (χ1n) is 3.83. The lowest BCUT2D eigenvalue weighted by Gasteiger charge is -2.04. The topological polar surface area (TPSA) is 9.23 Å². The highest BCUT2D eigenvalue weighted by Gasteiger charge is 2.03. The summed E-state index contributed by atoms with van der Waals surface area (Å²) < 4.78 is 5.49. The van der Waals surface area contributed by atoms with Crippen LogP contribution in [0.25, 0.3) is 0 Å². The maximum Gasteiger partial charge on any atom is 0.113 e. The highest BCUT2D eigenvalue weighted by Crippen LogP contribution is 2.16. The van der Waals surface area contributed by atoms with Crippen molar-refractivity contribution < 1.29 is 4.74 Å². The summed E-state index contributed by atoms with van der Waals surface area (Å²) in [5.41, 5.74) is 0. The standard InChI is InChI=1S/C8H14OSi/c1-2-6-9-7-4-3-5-8(7)10/h3-4H,2,5-6H2,1,10H3. The van der Waals surface area contributed by atoms with Gasteiger partial charge in [0.15, 0.2) is 0 Å². The van der Waals surface area contributed by atoms with Crippen LogP contribution in [0.1, 0.15) is 19.8 Å². The van der Waals surface area contributed by atoms with Gasteiger partial charge in [0.05, 0.1) is 6.61 Å². The lowest BCUT2D eigenvalue weighted by Crippen LogP contribution is -1.92. The molecule has 0 bridgehead atoms. The number of ether oxygens (including phenoxy) is 1. The highest BCUT2D eigenvalue weighted by atomic mass is 28.1. The van der Waals surface area contributed by atoms with Gasteiger partial charge in [0, 0.05) is 10.2 Å². The third kappa shape index (κ3) is 1.74. The Bertz CT molecular complexity index is 170. The zero-order chi connectivity index (χ0) is 7.40. The molecule has 0 aliphatic heterocycles. The number of hydrogen-bond acceptors (Lipinski definition) is 1. The Morgan fingerprint density at radius 3 is 3.00 bits per heavy atom. The molecule has 0 saturated heterocycles. The molecule has 0 aromatic rings. The van der Waals surface area contributed by atoms with Crippen LogP contribution in [0.3, 0.4) is 0 Å². The average Bonchev–Trinajstić information content (AvgIpc) is 2.31. The van der Waals surface area contributed by atoms with Gasteiger partial charge in [-0.1, -0.05) is 13.0 Å². The molecular formula is C8H14OSi. The van der Waals surface area contributed by atoms with E-state index in [1.54, 1.807) is 0 Å². The van der Waals surface area contributed by atoms with Gasteiger partial charge in [-0.3, -0.25) is 0 Å². The van der Waals surface area contributed by atoms with Crippen LogP contribution in [0, 0.1) is 0 Å². The molecule has 0 atom stereocenters. The molecule has 0 amide bonds. The summed E-state index contributed by atoms with van der Waals surface area (Å²) in [6.45, 7) is 3.00. The lowest BCUT2D eigenvalue weighted by molar-refractivity contribution is 0.224. The van der Waals surface area contributed by atoms with Crippen molar-refractivity contribution in [2.45, 2.75) is 19.8 Å². The molecule has 56 valence electrons. The second-order valence-corrected chi connectivity index (χ2v) is 3.81. The van der Waals surface area contributed by atoms with Gasteiger partial charge in [-0.15, -0.1) is 0 Å². The minimum atomic E-state index is 0.866. The summed E-state index contributed by atoms with van der Waals surface area (Å²) in [6, 6.07) is 0. The maximum absolute atomic E-state index is 5.49. The van der Waals surface area contributed by atoms with Crippen LogP contribution in [-0.4, -0.2) is 16.8 Å². The van der Waals surface area contributed by atoms with Crippen LogP contribution < -0.4 is 0 Å². The summed E-state index contributed by atoms with van der Waals surface area (Å²) in [5, 5.41) is 1.49. The average molecular weight is 154 g/mol. The molecule has 0 N–H and O–H groups in total. The first-order valence-corrected chi connectivity index (χ1v) is 4.83. The predicted octanol–water partition coefficient (Wildman–Crippen LogP) is 0.950. The molecule has 0 spiro atoms. The zero-order valence-electron chi connectivity index (χ0n) is 6.68. The van der Waals surface area contributed by atoms with Crippen LogP contribution in [0.2, 0.25) is 0 Å². The Balaban J connectivity index is 2.38. The Kier molecular flexibility index (Phi) is 2.75. The van der Waals surface area contributed by atoms with E-state index in [2.05, 4.69) is 19.1 Å². The molecular weight excluding hydrogens is 140 g/mol. The second kappa shape index (κ2) is 3.61. The van der Waals surface area contributed by atoms with E-state index in [-0.39, 0.29) is 0 Å². The first kappa shape index (κ1) is 7.60. The molecule has 10 heavy (non-hydrogen) atoms. The summed E-state index contributed by atoms with van der Waals surface area (Å²) in [4.78, 5) is 0. The van der Waals surface area contributed by atoms with E-state index in [9.17, 15) is 0 Å². The summed E-state index contributed by atoms with van der Waals surface area (Å²) in [5.74, 6) is 1.15. The van der Waals surface area contributed by atoms with Gasteiger partial charge in [0.2, 0.25) is 0 Å². The van der Waals surface area contributed by atoms with Gasteiger partial charge < -0.3 is 4.74 Å². The van der Waals surface area contributed by atoms with Crippen molar-refractivity contribution in [2.75, 3.05) is 6.61 Å². The summed E-state index contributed by atoms with van der Waals surface area (Å²) in [7, 11) is 1.15. The van der Waals surface area contributed by atoms with Gasteiger partial charge in [-0.05, 0) is 24.1 Å². The van der Waals surface area contributed by atoms with Crippen LogP contribution in [0.4, 0.5) is 0 Å². The van der Waals surface area contributed by atoms with Crippen molar-refractivity contribution in [2.24, 2.45) is 0 Å². The second-order valence-electron chi connectivity index (χ2n) is 2.60. The van der Waals surface area contributed by atoms with E-state index < -0.39 is 0 Å². The third-order valence-corrected chi connectivity index (χ3v) is 2.48. The molecule has 1 rings (SSSR count). The smallest absolute Gasteiger partial charge is 0.113 e. The van der Waals surface area contributed by atoms with Crippen molar-refractivity contribution in [3.8, 4) is 0 Å². The van der Waals surface area contributed by atoms with Gasteiger partial charge in [-0.2, -0.15) is 0 Å². The first-order chi connectivity index (χ1) is 4.84. The van der Waals surface area contributed by atoms with Crippen LogP contribution in [0.15, 0.2) is 23.1 Å². The fourth-order valence-electron chi connectivity index (χ4n) is 0.969. The number of allylic oxidation sites excluding steroid dienone is 3. The van der Waals surface area contributed by atoms with E-state index >= 15 is 0 Å². The Hall–Kier alpha value is -0.503. The van der Waals surface area contributed by atoms with Crippen LogP contribution in [0.5, 0.6) is 0 Å². The van der Waals surface area contributed by atoms with E-state index in [0.717, 1.165) is 35.5 Å². The fourth-order valence-corrected chi connectivity index (χ4v) is 1.52. The molecule has 2 heteroatoms. The van der Waals surface area contributed by atoms with Crippen LogP contribution >= 0.6 is 0 Å². The SMILES string of the molecule is CCCOC1=C([SiH3])CC=C1. The zero-order valence-corrected chi connectivity index (χ0v) is 8.68. The Morgan fingerprint density at radius 2 is 2.50 bits per heavy atom. The van der Waals surface area contributed by atoms with Crippen LogP contribution in [-0.2, 0) is 4.74 Å². The van der Waals surface area contributed by atoms with Gasteiger partial charge in [0.25, 0.3) is 0 Å². The Morgan fingerprint density at radius 1 is 1.70 bits per heavy atom. The number of rotatable bonds is 3. The van der Waals surface area contributed by atoms with Crippen molar-refractivity contribution in [1.29, 1.82) is 0 Å². The minimum Gasteiger partial charge on any atom is -0.494 e. The van der Waals surface area contributed by atoms with Gasteiger partial charge >= 0.3 is 0 Å². The monoisotopic (exact) mass is 154 g/mol. The molecule has 0 fully saturated rings. The van der Waals surface area contributed by atoms with Gasteiger partial charge in [0.1, 0.15) is 5.76 Å². The Labute approximate surface area is 65.2 Å². The van der Waals surface area contributed by atoms with E-state index in [4.69, 9.17) is 4.74 Å². The summed E-state index contributed by atoms with van der Waals surface area (Å²) >= 11 is 0. The molecule has 0 saturated carbocycles. The molecule has 1 aliphatic rings. The predicted molar refractivity (Wildman–Crippen MR) is 47.0 cm³/mol. The normalized spacial score (nSPS) is 16.9. The number of hydrogen-bond donors (Lipinski definition) is 0. The molecule has 0 aromatic carbocycles. The van der Waals surface area contributed by atoms with E-state index in [1.807, 2.05) is 0 Å². The third-order valence-electron chi connectivity index (χ3n) is 1.58. The van der Waals surface area contributed by atoms with Crippen molar-refractivity contribution in [1.82, 2.24) is 0 Å². The molecule has 0 unspecified atom stereocenters. The van der Waals surface area contributed by atoms with Gasteiger partial charge in [-0.25, -0.2) is 0 Å². The summed E-state index contributed by atoms with van der Waals surface area (Å²) in [6.07, 6.45) is 6.50. The maximum atomic E-state index is 5.49. The van der Waals surface area contributed by atoms with E-state index in [1.165, 1.54) is 5.20 Å². The van der Waals surface area contributed by atoms with Crippen molar-refractivity contribution in [3.05, 3.63) is 23.1 Å². The molecule has 0 radical (unpaired) electrons. The van der Waals surface area contributed by atoms with Crippen molar-refractivity contribution >= 4 is 10.2 Å². The highest BCUT2D eigenvalue weighted by molar-refractivity contribution is 6.22. The van der Waals surface area contributed by atoms with Crippen molar-refractivity contribution in [3.63, 3.8) is 0 Å². The fraction of sp³-hybridized carbons (Fsp3) is 0.500. The lowest BCUT2D eigenvalue weighted by atomic mass is 10.5. The molecule has 1 aliphatic carbocycles. The quantitative estimate of drug-likeness (QED) is 0.550. The molecule has 0 heterocycles.